The quantitative estimate of drug-likeness (QED) is 0.749. The Balaban J connectivity index is 2.66. The van der Waals surface area contributed by atoms with E-state index < -0.39 is 5.60 Å². The van der Waals surface area contributed by atoms with Crippen LogP contribution in [0.1, 0.15) is 13.3 Å². The fraction of sp³-hybridized carbons (Fsp3) is 0.545. The first-order valence-electron chi connectivity index (χ1n) is 5.42. The summed E-state index contributed by atoms with van der Waals surface area (Å²) in [4.78, 5) is 4.02. The maximum atomic E-state index is 10.1. The summed E-state index contributed by atoms with van der Waals surface area (Å²) in [5, 5.41) is 13.7. The SMILES string of the molecule is COCCC(C)(O)CNc1nc(N)c(Cl)cc1Cl. The van der Waals surface area contributed by atoms with Gasteiger partial charge >= 0.3 is 0 Å². The minimum absolute atomic E-state index is 0.195. The zero-order chi connectivity index (χ0) is 13.8. The predicted molar refractivity (Wildman–Crippen MR) is 74.3 cm³/mol. The van der Waals surface area contributed by atoms with Crippen molar-refractivity contribution in [3.8, 4) is 0 Å². The molecule has 0 bridgehead atoms. The molecule has 7 heteroatoms. The van der Waals surface area contributed by atoms with E-state index in [0.717, 1.165) is 0 Å². The lowest BCUT2D eigenvalue weighted by Gasteiger charge is -2.23. The molecule has 0 aliphatic carbocycles. The predicted octanol–water partition coefficient (Wildman–Crippen LogP) is 2.17. The lowest BCUT2D eigenvalue weighted by atomic mass is 10.0. The van der Waals surface area contributed by atoms with Crippen LogP contribution in [0.2, 0.25) is 10.0 Å². The number of nitrogen functional groups attached to an aromatic ring is 1. The highest BCUT2D eigenvalue weighted by Crippen LogP contribution is 2.27. The van der Waals surface area contributed by atoms with Crippen molar-refractivity contribution in [1.29, 1.82) is 0 Å². The zero-order valence-corrected chi connectivity index (χ0v) is 11.8. The van der Waals surface area contributed by atoms with Gasteiger partial charge < -0.3 is 20.9 Å². The molecular weight excluding hydrogens is 277 g/mol. The average Bonchev–Trinajstić information content (AvgIpc) is 2.30. The summed E-state index contributed by atoms with van der Waals surface area (Å²) in [5.41, 5.74) is 4.66. The van der Waals surface area contributed by atoms with Gasteiger partial charge in [0.2, 0.25) is 0 Å². The van der Waals surface area contributed by atoms with Crippen molar-refractivity contribution in [2.45, 2.75) is 18.9 Å². The highest BCUT2D eigenvalue weighted by atomic mass is 35.5. The van der Waals surface area contributed by atoms with Crippen LogP contribution in [0.5, 0.6) is 0 Å². The first kappa shape index (κ1) is 15.3. The number of hydrogen-bond acceptors (Lipinski definition) is 5. The number of pyridine rings is 1. The number of anilines is 2. The van der Waals surface area contributed by atoms with Crippen LogP contribution in [0, 0.1) is 0 Å². The van der Waals surface area contributed by atoms with E-state index in [1.165, 1.54) is 6.07 Å². The van der Waals surface area contributed by atoms with Crippen molar-refractivity contribution in [2.75, 3.05) is 31.3 Å². The molecule has 1 aromatic rings. The molecule has 5 nitrogen and oxygen atoms in total. The van der Waals surface area contributed by atoms with Crippen LogP contribution in [-0.2, 0) is 4.74 Å². The molecule has 1 unspecified atom stereocenters. The molecule has 18 heavy (non-hydrogen) atoms. The van der Waals surface area contributed by atoms with Gasteiger partial charge in [-0.25, -0.2) is 4.98 Å². The third-order valence-corrected chi connectivity index (χ3v) is 3.03. The van der Waals surface area contributed by atoms with E-state index in [1.807, 2.05) is 0 Å². The van der Waals surface area contributed by atoms with E-state index in [4.69, 9.17) is 33.7 Å². The van der Waals surface area contributed by atoms with Gasteiger partial charge in [0.05, 0.1) is 15.6 Å². The van der Waals surface area contributed by atoms with Crippen molar-refractivity contribution < 1.29 is 9.84 Å². The number of halogens is 2. The Morgan fingerprint density at radius 1 is 1.50 bits per heavy atom. The van der Waals surface area contributed by atoms with Gasteiger partial charge in [-0.05, 0) is 13.0 Å². The molecule has 0 fully saturated rings. The molecule has 1 rings (SSSR count). The Bertz CT molecular complexity index is 414. The topological polar surface area (TPSA) is 80.4 Å². The van der Waals surface area contributed by atoms with Crippen molar-refractivity contribution in [3.05, 3.63) is 16.1 Å². The van der Waals surface area contributed by atoms with Gasteiger partial charge in [-0.1, -0.05) is 23.2 Å². The molecule has 1 atom stereocenters. The number of ether oxygens (including phenoxy) is 1. The highest BCUT2D eigenvalue weighted by Gasteiger charge is 2.20. The van der Waals surface area contributed by atoms with Crippen LogP contribution in [0.3, 0.4) is 0 Å². The Morgan fingerprint density at radius 2 is 2.17 bits per heavy atom. The number of nitrogens with two attached hydrogens (primary N) is 1. The minimum Gasteiger partial charge on any atom is -0.388 e. The summed E-state index contributed by atoms with van der Waals surface area (Å²) >= 11 is 11.7. The van der Waals surface area contributed by atoms with Crippen molar-refractivity contribution in [2.24, 2.45) is 0 Å². The van der Waals surface area contributed by atoms with Crippen molar-refractivity contribution in [1.82, 2.24) is 4.98 Å². The number of hydrogen-bond donors (Lipinski definition) is 3. The van der Waals surface area contributed by atoms with E-state index in [1.54, 1.807) is 14.0 Å². The molecule has 0 saturated carbocycles. The van der Waals surface area contributed by atoms with Gasteiger partial charge in [-0.3, -0.25) is 0 Å². The second-order valence-corrected chi connectivity index (χ2v) is 5.09. The maximum absolute atomic E-state index is 10.1. The average molecular weight is 294 g/mol. The molecule has 102 valence electrons. The normalized spacial score (nSPS) is 14.3. The van der Waals surface area contributed by atoms with E-state index in [9.17, 15) is 5.11 Å². The van der Waals surface area contributed by atoms with Gasteiger partial charge in [0.15, 0.2) is 0 Å². The Kier molecular flexibility index (Phi) is 5.47. The van der Waals surface area contributed by atoms with Gasteiger partial charge in [0.25, 0.3) is 0 Å². The number of aromatic nitrogens is 1. The van der Waals surface area contributed by atoms with Crippen LogP contribution in [0.25, 0.3) is 0 Å². The molecule has 0 amide bonds. The lowest BCUT2D eigenvalue weighted by Crippen LogP contribution is -2.35. The third-order valence-electron chi connectivity index (χ3n) is 2.44. The maximum Gasteiger partial charge on any atom is 0.147 e. The van der Waals surface area contributed by atoms with E-state index in [0.29, 0.717) is 28.9 Å². The Hall–Kier alpha value is -0.750. The number of aliphatic hydroxyl groups is 1. The summed E-state index contributed by atoms with van der Waals surface area (Å²) < 4.78 is 4.92. The van der Waals surface area contributed by atoms with E-state index >= 15 is 0 Å². The van der Waals surface area contributed by atoms with Crippen molar-refractivity contribution >= 4 is 34.8 Å². The Morgan fingerprint density at radius 3 is 2.78 bits per heavy atom. The molecule has 0 saturated heterocycles. The smallest absolute Gasteiger partial charge is 0.147 e. The zero-order valence-electron chi connectivity index (χ0n) is 10.3. The number of nitrogens with one attached hydrogen (secondary N) is 1. The summed E-state index contributed by atoms with van der Waals surface area (Å²) in [6.45, 7) is 2.45. The second-order valence-electron chi connectivity index (χ2n) is 4.28. The fourth-order valence-electron chi connectivity index (χ4n) is 1.29. The fourth-order valence-corrected chi connectivity index (χ4v) is 1.71. The molecule has 1 heterocycles. The first-order valence-corrected chi connectivity index (χ1v) is 6.18. The molecule has 1 aromatic heterocycles. The van der Waals surface area contributed by atoms with Crippen LogP contribution in [-0.4, -0.2) is 36.0 Å². The molecule has 4 N–H and O–H groups in total. The molecule has 0 radical (unpaired) electrons. The van der Waals surface area contributed by atoms with Gasteiger partial charge in [0, 0.05) is 26.7 Å². The monoisotopic (exact) mass is 293 g/mol. The number of rotatable bonds is 6. The van der Waals surface area contributed by atoms with Gasteiger partial charge in [-0.15, -0.1) is 0 Å². The first-order chi connectivity index (χ1) is 8.35. The molecule has 0 aliphatic rings. The molecular formula is C11H17Cl2N3O2. The van der Waals surface area contributed by atoms with Crippen LogP contribution >= 0.6 is 23.2 Å². The van der Waals surface area contributed by atoms with Crippen LogP contribution in [0.15, 0.2) is 6.07 Å². The summed E-state index contributed by atoms with van der Waals surface area (Å²) in [6.07, 6.45) is 0.497. The molecule has 0 aliphatic heterocycles. The van der Waals surface area contributed by atoms with Gasteiger partial charge in [0.1, 0.15) is 11.6 Å². The second kappa shape index (κ2) is 6.43. The summed E-state index contributed by atoms with van der Waals surface area (Å²) in [7, 11) is 1.59. The highest BCUT2D eigenvalue weighted by molar-refractivity contribution is 6.37. The summed E-state index contributed by atoms with van der Waals surface area (Å²) in [5.74, 6) is 0.594. The largest absolute Gasteiger partial charge is 0.388 e. The van der Waals surface area contributed by atoms with Crippen LogP contribution in [0.4, 0.5) is 11.6 Å². The number of methoxy groups -OCH3 is 1. The number of nitrogens with zero attached hydrogens (tertiary/aromatic N) is 1. The Labute approximate surface area is 116 Å². The summed E-state index contributed by atoms with van der Waals surface area (Å²) in [6, 6.07) is 1.51. The lowest BCUT2D eigenvalue weighted by molar-refractivity contribution is 0.0357. The van der Waals surface area contributed by atoms with E-state index in [2.05, 4.69) is 10.3 Å². The molecule has 0 spiro atoms. The minimum atomic E-state index is -0.921. The standard InChI is InChI=1S/C11H17Cl2N3O2/c1-11(17,3-4-18-2)6-15-10-8(13)5-7(12)9(14)16-10/h5,17H,3-4,6H2,1-2H3,(H3,14,15,16). The molecule has 0 aromatic carbocycles. The van der Waals surface area contributed by atoms with Crippen LogP contribution < -0.4 is 11.1 Å². The van der Waals surface area contributed by atoms with Gasteiger partial charge in [-0.2, -0.15) is 0 Å². The van der Waals surface area contributed by atoms with Crippen molar-refractivity contribution in [3.63, 3.8) is 0 Å². The third kappa shape index (κ3) is 4.49. The van der Waals surface area contributed by atoms with E-state index in [-0.39, 0.29) is 12.4 Å².